The molecule has 0 aliphatic carbocycles. The van der Waals surface area contributed by atoms with E-state index < -0.39 is 0 Å². The molecule has 1 aliphatic rings. The lowest BCUT2D eigenvalue weighted by Gasteiger charge is -2.22. The Labute approximate surface area is 144 Å². The van der Waals surface area contributed by atoms with Crippen LogP contribution in [0.5, 0.6) is 0 Å². The van der Waals surface area contributed by atoms with E-state index in [1.165, 1.54) is 0 Å². The highest BCUT2D eigenvalue weighted by molar-refractivity contribution is 5.79. The molecule has 1 saturated heterocycles. The largest absolute Gasteiger partial charge is 0.381 e. The normalized spacial score (nSPS) is 18.1. The molecular weight excluding hydrogens is 304 g/mol. The van der Waals surface area contributed by atoms with Crippen molar-refractivity contribution in [3.8, 4) is 0 Å². The topological polar surface area (TPSA) is 73.6 Å². The molecule has 0 radical (unpaired) electrons. The van der Waals surface area contributed by atoms with Gasteiger partial charge >= 0.3 is 0 Å². The van der Waals surface area contributed by atoms with Crippen molar-refractivity contribution >= 4 is 5.91 Å². The Balaban J connectivity index is 1.57. The van der Waals surface area contributed by atoms with Crippen molar-refractivity contribution in [3.05, 3.63) is 35.9 Å². The fourth-order valence-electron chi connectivity index (χ4n) is 2.84. The maximum Gasteiger partial charge on any atom is 0.224 e. The minimum Gasteiger partial charge on any atom is -0.381 e. The number of nitrogens with one attached hydrogen (secondary N) is 1. The summed E-state index contributed by atoms with van der Waals surface area (Å²) in [6.45, 7) is 5.67. The van der Waals surface area contributed by atoms with Gasteiger partial charge in [0.1, 0.15) is 0 Å². The highest BCUT2D eigenvalue weighted by atomic mass is 16.5. The van der Waals surface area contributed by atoms with Crippen LogP contribution in [0, 0.1) is 11.8 Å². The first-order valence-corrected chi connectivity index (χ1v) is 8.92. The van der Waals surface area contributed by atoms with Gasteiger partial charge < -0.3 is 20.5 Å². The van der Waals surface area contributed by atoms with Gasteiger partial charge in [0.15, 0.2) is 0 Å². The van der Waals surface area contributed by atoms with E-state index in [4.69, 9.17) is 15.2 Å². The molecule has 2 rings (SSSR count). The Morgan fingerprint density at radius 1 is 1.33 bits per heavy atom. The zero-order chi connectivity index (χ0) is 17.2. The van der Waals surface area contributed by atoms with Crippen LogP contribution < -0.4 is 11.1 Å². The SMILES string of the molecule is CC(C(=O)NCCCOCC1CCOCC1)C(N)c1ccccc1. The van der Waals surface area contributed by atoms with E-state index in [1.54, 1.807) is 0 Å². The van der Waals surface area contributed by atoms with Crippen LogP contribution in [0.25, 0.3) is 0 Å². The van der Waals surface area contributed by atoms with Crippen molar-refractivity contribution in [2.75, 3.05) is 33.0 Å². The molecule has 0 bridgehead atoms. The Hall–Kier alpha value is -1.43. The summed E-state index contributed by atoms with van der Waals surface area (Å²) in [5.74, 6) is 0.364. The van der Waals surface area contributed by atoms with Crippen molar-refractivity contribution in [1.29, 1.82) is 0 Å². The van der Waals surface area contributed by atoms with Gasteiger partial charge in [-0.15, -0.1) is 0 Å². The van der Waals surface area contributed by atoms with Crippen molar-refractivity contribution in [3.63, 3.8) is 0 Å². The first-order valence-electron chi connectivity index (χ1n) is 8.92. The molecule has 1 fully saturated rings. The number of carbonyl (C=O) groups is 1. The quantitative estimate of drug-likeness (QED) is 0.680. The molecule has 0 spiro atoms. The van der Waals surface area contributed by atoms with Crippen LogP contribution in [-0.4, -0.2) is 38.9 Å². The van der Waals surface area contributed by atoms with Crippen LogP contribution in [0.3, 0.4) is 0 Å². The molecule has 1 heterocycles. The van der Waals surface area contributed by atoms with Crippen molar-refractivity contribution in [1.82, 2.24) is 5.32 Å². The predicted molar refractivity (Wildman–Crippen MR) is 94.5 cm³/mol. The van der Waals surface area contributed by atoms with Gasteiger partial charge in [-0.2, -0.15) is 0 Å². The maximum absolute atomic E-state index is 12.2. The third-order valence-electron chi connectivity index (χ3n) is 4.60. The Bertz CT molecular complexity index is 475. The summed E-state index contributed by atoms with van der Waals surface area (Å²) in [5.41, 5.74) is 7.16. The van der Waals surface area contributed by atoms with Gasteiger partial charge in [0.2, 0.25) is 5.91 Å². The van der Waals surface area contributed by atoms with Crippen LogP contribution >= 0.6 is 0 Å². The van der Waals surface area contributed by atoms with Gasteiger partial charge in [-0.1, -0.05) is 37.3 Å². The van der Waals surface area contributed by atoms with E-state index in [-0.39, 0.29) is 17.9 Å². The summed E-state index contributed by atoms with van der Waals surface area (Å²) in [4.78, 5) is 12.2. The zero-order valence-electron chi connectivity index (χ0n) is 14.6. The van der Waals surface area contributed by atoms with E-state index in [9.17, 15) is 4.79 Å². The summed E-state index contributed by atoms with van der Waals surface area (Å²) in [6.07, 6.45) is 3.00. The fourth-order valence-corrected chi connectivity index (χ4v) is 2.84. The first kappa shape index (κ1) is 18.9. The molecule has 134 valence electrons. The number of benzene rings is 1. The van der Waals surface area contributed by atoms with E-state index in [2.05, 4.69) is 5.32 Å². The van der Waals surface area contributed by atoms with Crippen LogP contribution in [0.1, 0.15) is 37.8 Å². The number of amides is 1. The highest BCUT2D eigenvalue weighted by Crippen LogP contribution is 2.19. The minimum absolute atomic E-state index is 0.00391. The standard InChI is InChI=1S/C19H30N2O3/c1-15(18(20)17-6-3-2-4-7-17)19(22)21-10-5-11-24-14-16-8-12-23-13-9-16/h2-4,6-7,15-16,18H,5,8-14,20H2,1H3,(H,21,22). The summed E-state index contributed by atoms with van der Waals surface area (Å²) >= 11 is 0. The molecule has 24 heavy (non-hydrogen) atoms. The monoisotopic (exact) mass is 334 g/mol. The van der Waals surface area contributed by atoms with Gasteiger partial charge in [-0.05, 0) is 30.7 Å². The molecule has 1 aliphatic heterocycles. The van der Waals surface area contributed by atoms with Crippen molar-refractivity contribution < 1.29 is 14.3 Å². The number of rotatable bonds is 9. The Kier molecular flexibility index (Phi) is 8.22. The van der Waals surface area contributed by atoms with Gasteiger partial charge in [0.25, 0.3) is 0 Å². The molecule has 0 aromatic heterocycles. The van der Waals surface area contributed by atoms with Gasteiger partial charge in [-0.25, -0.2) is 0 Å². The van der Waals surface area contributed by atoms with Crippen LogP contribution in [-0.2, 0) is 14.3 Å². The number of carbonyl (C=O) groups excluding carboxylic acids is 1. The Morgan fingerprint density at radius 3 is 2.75 bits per heavy atom. The van der Waals surface area contributed by atoms with E-state index in [1.807, 2.05) is 37.3 Å². The second-order valence-corrected chi connectivity index (χ2v) is 6.50. The summed E-state index contributed by atoms with van der Waals surface area (Å²) in [7, 11) is 0. The average Bonchev–Trinajstić information content (AvgIpc) is 2.64. The predicted octanol–water partition coefficient (Wildman–Crippen LogP) is 2.27. The smallest absolute Gasteiger partial charge is 0.224 e. The lowest BCUT2D eigenvalue weighted by molar-refractivity contribution is -0.125. The van der Waals surface area contributed by atoms with Gasteiger partial charge in [-0.3, -0.25) is 4.79 Å². The summed E-state index contributed by atoms with van der Waals surface area (Å²) < 4.78 is 11.0. The van der Waals surface area contributed by atoms with Crippen LogP contribution in [0.2, 0.25) is 0 Å². The number of hydrogen-bond acceptors (Lipinski definition) is 4. The van der Waals surface area contributed by atoms with Crippen molar-refractivity contribution in [2.24, 2.45) is 17.6 Å². The van der Waals surface area contributed by atoms with E-state index in [0.29, 0.717) is 19.1 Å². The molecule has 1 aromatic rings. The Morgan fingerprint density at radius 2 is 2.04 bits per heavy atom. The molecule has 1 aromatic carbocycles. The number of ether oxygens (including phenoxy) is 2. The maximum atomic E-state index is 12.2. The number of nitrogens with two attached hydrogens (primary N) is 1. The average molecular weight is 334 g/mol. The third-order valence-corrected chi connectivity index (χ3v) is 4.60. The molecule has 2 unspecified atom stereocenters. The molecule has 3 N–H and O–H groups in total. The summed E-state index contributed by atoms with van der Waals surface area (Å²) in [6, 6.07) is 9.46. The zero-order valence-corrected chi connectivity index (χ0v) is 14.6. The van der Waals surface area contributed by atoms with E-state index >= 15 is 0 Å². The second-order valence-electron chi connectivity index (χ2n) is 6.50. The lowest BCUT2D eigenvalue weighted by Crippen LogP contribution is -2.36. The molecule has 2 atom stereocenters. The van der Waals surface area contributed by atoms with Gasteiger partial charge in [0.05, 0.1) is 5.92 Å². The first-order chi connectivity index (χ1) is 11.7. The third kappa shape index (κ3) is 6.23. The fraction of sp³-hybridized carbons (Fsp3) is 0.632. The molecule has 5 heteroatoms. The molecule has 0 saturated carbocycles. The molecule has 1 amide bonds. The molecular formula is C19H30N2O3. The van der Waals surface area contributed by atoms with Crippen molar-refractivity contribution in [2.45, 2.75) is 32.2 Å². The minimum atomic E-state index is -0.282. The lowest BCUT2D eigenvalue weighted by atomic mass is 9.95. The molecule has 5 nitrogen and oxygen atoms in total. The van der Waals surface area contributed by atoms with E-state index in [0.717, 1.165) is 44.6 Å². The van der Waals surface area contributed by atoms with Gasteiger partial charge in [0, 0.05) is 39.0 Å². The second kappa shape index (κ2) is 10.4. The highest BCUT2D eigenvalue weighted by Gasteiger charge is 2.21. The number of hydrogen-bond donors (Lipinski definition) is 2. The van der Waals surface area contributed by atoms with Crippen LogP contribution in [0.4, 0.5) is 0 Å². The van der Waals surface area contributed by atoms with Crippen LogP contribution in [0.15, 0.2) is 30.3 Å². The summed E-state index contributed by atoms with van der Waals surface area (Å²) in [5, 5.41) is 2.95.